The fraction of sp³-hybridized carbons (Fsp3) is 0.273. The highest BCUT2D eigenvalue weighted by atomic mass is 19.1. The molecular weight excluding hydrogens is 391 g/mol. The van der Waals surface area contributed by atoms with Crippen LogP contribution >= 0.6 is 0 Å². The summed E-state index contributed by atoms with van der Waals surface area (Å²) in [6.07, 6.45) is 0. The first kappa shape index (κ1) is 21.3. The van der Waals surface area contributed by atoms with Gasteiger partial charge in [-0.05, 0) is 36.4 Å². The molecule has 30 heavy (non-hydrogen) atoms. The van der Waals surface area contributed by atoms with E-state index in [0.29, 0.717) is 47.2 Å². The molecule has 0 aliphatic rings. The van der Waals surface area contributed by atoms with Gasteiger partial charge < -0.3 is 23.6 Å². The van der Waals surface area contributed by atoms with Crippen LogP contribution in [0.4, 0.5) is 4.39 Å². The van der Waals surface area contributed by atoms with Gasteiger partial charge in [-0.2, -0.15) is 0 Å². The second-order valence-electron chi connectivity index (χ2n) is 6.48. The predicted octanol–water partition coefficient (Wildman–Crippen LogP) is 3.79. The van der Waals surface area contributed by atoms with Gasteiger partial charge in [0.15, 0.2) is 5.76 Å². The quantitative estimate of drug-likeness (QED) is 0.530. The lowest BCUT2D eigenvalue weighted by Crippen LogP contribution is -2.33. The van der Waals surface area contributed by atoms with Crippen LogP contribution in [0.2, 0.25) is 0 Å². The zero-order valence-electron chi connectivity index (χ0n) is 17.1. The topological polar surface area (TPSA) is 74.0 Å². The number of carbonyl (C=O) groups is 1. The lowest BCUT2D eigenvalue weighted by atomic mass is 10.1. The minimum atomic E-state index is -0.399. The molecule has 0 aliphatic heterocycles. The molecule has 8 heteroatoms. The highest BCUT2D eigenvalue weighted by Gasteiger charge is 2.19. The maximum absolute atomic E-state index is 13.2. The molecule has 0 atom stereocenters. The number of aromatic nitrogens is 1. The molecule has 2 aromatic carbocycles. The average Bonchev–Trinajstić information content (AvgIpc) is 3.24. The molecule has 0 bridgehead atoms. The van der Waals surface area contributed by atoms with E-state index in [-0.39, 0.29) is 12.5 Å². The van der Waals surface area contributed by atoms with Crippen LogP contribution in [0.1, 0.15) is 16.1 Å². The molecule has 0 radical (unpaired) electrons. The maximum atomic E-state index is 13.2. The van der Waals surface area contributed by atoms with Crippen LogP contribution in [-0.4, -0.2) is 50.4 Å². The molecule has 0 spiro atoms. The van der Waals surface area contributed by atoms with Crippen molar-refractivity contribution >= 4 is 5.91 Å². The van der Waals surface area contributed by atoms with E-state index in [2.05, 4.69) is 5.16 Å². The molecule has 0 aliphatic carbocycles. The third-order valence-corrected chi connectivity index (χ3v) is 4.53. The number of carbonyl (C=O) groups excluding carboxylic acids is 1. The molecule has 0 N–H and O–H groups in total. The lowest BCUT2D eigenvalue weighted by Gasteiger charge is -2.21. The summed E-state index contributed by atoms with van der Waals surface area (Å²) in [5.41, 5.74) is 1.66. The summed E-state index contributed by atoms with van der Waals surface area (Å²) in [5.74, 6) is 1.09. The van der Waals surface area contributed by atoms with Crippen LogP contribution < -0.4 is 9.47 Å². The second kappa shape index (κ2) is 9.89. The Kier molecular flexibility index (Phi) is 7.03. The molecule has 0 saturated carbocycles. The molecule has 1 heterocycles. The van der Waals surface area contributed by atoms with Crippen molar-refractivity contribution in [1.29, 1.82) is 0 Å². The van der Waals surface area contributed by atoms with Crippen LogP contribution in [-0.2, 0) is 11.3 Å². The van der Waals surface area contributed by atoms with E-state index in [4.69, 9.17) is 18.7 Å². The predicted molar refractivity (Wildman–Crippen MR) is 108 cm³/mol. The lowest BCUT2D eigenvalue weighted by molar-refractivity contribution is 0.0676. The monoisotopic (exact) mass is 414 g/mol. The van der Waals surface area contributed by atoms with Crippen LogP contribution in [0.25, 0.3) is 11.3 Å². The Morgan fingerprint density at radius 1 is 1.07 bits per heavy atom. The first-order valence-corrected chi connectivity index (χ1v) is 9.27. The molecule has 158 valence electrons. The van der Waals surface area contributed by atoms with Crippen molar-refractivity contribution in [1.82, 2.24) is 10.1 Å². The van der Waals surface area contributed by atoms with Gasteiger partial charge in [-0.3, -0.25) is 4.79 Å². The van der Waals surface area contributed by atoms with Gasteiger partial charge in [0.1, 0.15) is 23.0 Å². The van der Waals surface area contributed by atoms with E-state index in [0.717, 1.165) is 0 Å². The molecule has 1 aromatic heterocycles. The third-order valence-electron chi connectivity index (χ3n) is 4.53. The van der Waals surface area contributed by atoms with E-state index in [1.165, 1.54) is 24.3 Å². The van der Waals surface area contributed by atoms with E-state index < -0.39 is 5.82 Å². The van der Waals surface area contributed by atoms with Crippen molar-refractivity contribution in [2.24, 2.45) is 0 Å². The number of nitrogens with zero attached hydrogens (tertiary/aromatic N) is 2. The largest absolute Gasteiger partial charge is 0.497 e. The number of hydrogen-bond donors (Lipinski definition) is 0. The number of benzene rings is 2. The van der Waals surface area contributed by atoms with Crippen LogP contribution in [0, 0.1) is 5.82 Å². The van der Waals surface area contributed by atoms with Gasteiger partial charge in [-0.25, -0.2) is 4.39 Å². The van der Waals surface area contributed by atoms with Crippen LogP contribution in [0.15, 0.2) is 53.1 Å². The third kappa shape index (κ3) is 4.96. The Balaban J connectivity index is 1.82. The Bertz CT molecular complexity index is 987. The summed E-state index contributed by atoms with van der Waals surface area (Å²) in [7, 11) is 4.70. The zero-order chi connectivity index (χ0) is 21.5. The molecule has 7 nitrogen and oxygen atoms in total. The Morgan fingerprint density at radius 3 is 2.50 bits per heavy atom. The van der Waals surface area contributed by atoms with E-state index >= 15 is 0 Å². The van der Waals surface area contributed by atoms with Crippen molar-refractivity contribution in [2.75, 3.05) is 34.5 Å². The highest BCUT2D eigenvalue weighted by Crippen LogP contribution is 2.33. The number of rotatable bonds is 9. The van der Waals surface area contributed by atoms with Gasteiger partial charge in [-0.15, -0.1) is 0 Å². The highest BCUT2D eigenvalue weighted by molar-refractivity contribution is 5.94. The number of methoxy groups -OCH3 is 3. The Labute approximate surface area is 173 Å². The van der Waals surface area contributed by atoms with Crippen LogP contribution in [0.5, 0.6) is 11.5 Å². The Morgan fingerprint density at radius 2 is 1.83 bits per heavy atom. The minimum Gasteiger partial charge on any atom is -0.497 e. The van der Waals surface area contributed by atoms with E-state index in [1.54, 1.807) is 44.4 Å². The standard InChI is InChI=1S/C22H23FN2O5/c1-27-11-10-25(22(26)15-4-6-16(23)7-5-15)14-17-12-21(30-24-17)19-9-8-18(28-2)13-20(19)29-3/h4-9,12-13H,10-11,14H2,1-3H3. The smallest absolute Gasteiger partial charge is 0.254 e. The summed E-state index contributed by atoms with van der Waals surface area (Å²) >= 11 is 0. The van der Waals surface area contributed by atoms with Gasteiger partial charge in [0.25, 0.3) is 5.91 Å². The summed E-state index contributed by atoms with van der Waals surface area (Å²) in [5, 5.41) is 4.09. The van der Waals surface area contributed by atoms with Gasteiger partial charge in [-0.1, -0.05) is 5.16 Å². The zero-order valence-corrected chi connectivity index (χ0v) is 17.1. The van der Waals surface area contributed by atoms with Crippen molar-refractivity contribution in [3.8, 4) is 22.8 Å². The molecular formula is C22H23FN2O5. The van der Waals surface area contributed by atoms with Gasteiger partial charge >= 0.3 is 0 Å². The van der Waals surface area contributed by atoms with Gasteiger partial charge in [0.2, 0.25) is 0 Å². The summed E-state index contributed by atoms with van der Waals surface area (Å²) < 4.78 is 34.4. The molecule has 0 saturated heterocycles. The number of amides is 1. The average molecular weight is 414 g/mol. The first-order valence-electron chi connectivity index (χ1n) is 9.27. The molecule has 1 amide bonds. The number of halogens is 1. The molecule has 3 rings (SSSR count). The van der Waals surface area contributed by atoms with Gasteiger partial charge in [0.05, 0.1) is 32.9 Å². The summed E-state index contributed by atoms with van der Waals surface area (Å²) in [6.45, 7) is 0.909. The fourth-order valence-corrected chi connectivity index (χ4v) is 2.94. The van der Waals surface area contributed by atoms with E-state index in [1.807, 2.05) is 6.07 Å². The first-order chi connectivity index (χ1) is 14.5. The number of hydrogen-bond acceptors (Lipinski definition) is 6. The fourth-order valence-electron chi connectivity index (χ4n) is 2.94. The van der Waals surface area contributed by atoms with Crippen LogP contribution in [0.3, 0.4) is 0 Å². The SMILES string of the molecule is COCCN(Cc1cc(-c2ccc(OC)cc2OC)on1)C(=O)c1ccc(F)cc1. The maximum Gasteiger partial charge on any atom is 0.254 e. The molecule has 0 fully saturated rings. The molecule has 0 unspecified atom stereocenters. The molecule has 3 aromatic rings. The van der Waals surface area contributed by atoms with Gasteiger partial charge in [0, 0.05) is 31.4 Å². The summed E-state index contributed by atoms with van der Waals surface area (Å²) in [6, 6.07) is 12.5. The minimum absolute atomic E-state index is 0.210. The van der Waals surface area contributed by atoms with Crippen molar-refractivity contribution in [3.05, 3.63) is 65.6 Å². The second-order valence-corrected chi connectivity index (χ2v) is 6.48. The van der Waals surface area contributed by atoms with E-state index in [9.17, 15) is 9.18 Å². The summed E-state index contributed by atoms with van der Waals surface area (Å²) in [4.78, 5) is 14.4. The van der Waals surface area contributed by atoms with Crippen molar-refractivity contribution < 1.29 is 27.9 Å². The number of ether oxygens (including phenoxy) is 3. The Hall–Kier alpha value is -3.39. The van der Waals surface area contributed by atoms with Crippen molar-refractivity contribution in [3.63, 3.8) is 0 Å². The normalized spacial score (nSPS) is 10.7. The van der Waals surface area contributed by atoms with Crippen molar-refractivity contribution in [2.45, 2.75) is 6.54 Å².